The maximum Gasteiger partial charge on any atom is 0.176 e. The minimum atomic E-state index is -0.372. The first-order chi connectivity index (χ1) is 11.6. The van der Waals surface area contributed by atoms with Gasteiger partial charge in [0.2, 0.25) is 0 Å². The monoisotopic (exact) mass is 442 g/mol. The third kappa shape index (κ3) is 2.60. The Balaban J connectivity index is 1.89. The number of ether oxygens (including phenoxy) is 1. The SMILES string of the molecule is O=C(c1ccc(Br)cc1Br)C1c2ccccc2Oc2ccccc21. The second-order valence-corrected chi connectivity index (χ2v) is 7.37. The molecule has 0 aromatic heterocycles. The van der Waals surface area contributed by atoms with Gasteiger partial charge in [-0.2, -0.15) is 0 Å². The van der Waals surface area contributed by atoms with E-state index >= 15 is 0 Å². The molecule has 24 heavy (non-hydrogen) atoms. The Hall–Kier alpha value is -1.91. The highest BCUT2D eigenvalue weighted by Gasteiger charge is 2.33. The summed E-state index contributed by atoms with van der Waals surface area (Å²) < 4.78 is 7.68. The summed E-state index contributed by atoms with van der Waals surface area (Å²) in [4.78, 5) is 13.4. The molecular formula is C20H12Br2O2. The van der Waals surface area contributed by atoms with Crippen molar-refractivity contribution in [2.24, 2.45) is 0 Å². The Morgan fingerprint density at radius 2 is 1.42 bits per heavy atom. The molecular weight excluding hydrogens is 432 g/mol. The molecule has 2 nitrogen and oxygen atoms in total. The fourth-order valence-electron chi connectivity index (χ4n) is 3.04. The third-order valence-corrected chi connectivity index (χ3v) is 5.29. The molecule has 1 heterocycles. The fourth-order valence-corrected chi connectivity index (χ4v) is 4.28. The molecule has 0 N–H and O–H groups in total. The quantitative estimate of drug-likeness (QED) is 0.432. The van der Waals surface area contributed by atoms with Crippen molar-refractivity contribution in [1.29, 1.82) is 0 Å². The number of hydrogen-bond donors (Lipinski definition) is 0. The van der Waals surface area contributed by atoms with E-state index in [0.717, 1.165) is 31.6 Å². The lowest BCUT2D eigenvalue weighted by Crippen LogP contribution is -2.19. The number of hydrogen-bond acceptors (Lipinski definition) is 2. The lowest BCUT2D eigenvalue weighted by Gasteiger charge is -2.27. The number of ketones is 1. The van der Waals surface area contributed by atoms with Gasteiger partial charge in [0, 0.05) is 25.6 Å². The molecule has 1 aliphatic rings. The van der Waals surface area contributed by atoms with E-state index in [4.69, 9.17) is 4.74 Å². The van der Waals surface area contributed by atoms with E-state index in [0.29, 0.717) is 5.56 Å². The smallest absolute Gasteiger partial charge is 0.176 e. The second-order valence-electron chi connectivity index (χ2n) is 5.60. The van der Waals surface area contributed by atoms with Crippen molar-refractivity contribution in [3.8, 4) is 11.5 Å². The standard InChI is InChI=1S/C20H12Br2O2/c21-12-9-10-13(16(22)11-12)20(23)19-14-5-1-3-7-17(14)24-18-8-4-2-6-15(18)19/h1-11,19H. The molecule has 0 saturated carbocycles. The van der Waals surface area contributed by atoms with Gasteiger partial charge >= 0.3 is 0 Å². The molecule has 0 spiro atoms. The zero-order chi connectivity index (χ0) is 16.7. The average molecular weight is 444 g/mol. The summed E-state index contributed by atoms with van der Waals surface area (Å²) in [5.74, 6) is 1.16. The van der Waals surface area contributed by atoms with Gasteiger partial charge in [0.1, 0.15) is 11.5 Å². The normalized spacial score (nSPS) is 12.9. The number of halogens is 2. The van der Waals surface area contributed by atoms with E-state index < -0.39 is 0 Å². The van der Waals surface area contributed by atoms with E-state index in [9.17, 15) is 4.79 Å². The van der Waals surface area contributed by atoms with Crippen LogP contribution >= 0.6 is 31.9 Å². The first kappa shape index (κ1) is 15.6. The van der Waals surface area contributed by atoms with Gasteiger partial charge in [0.25, 0.3) is 0 Å². The van der Waals surface area contributed by atoms with Crippen LogP contribution < -0.4 is 4.74 Å². The molecule has 4 rings (SSSR count). The number of fused-ring (bicyclic) bond motifs is 2. The molecule has 0 radical (unpaired) electrons. The minimum Gasteiger partial charge on any atom is -0.457 e. The summed E-state index contributed by atoms with van der Waals surface area (Å²) in [6.45, 7) is 0. The summed E-state index contributed by atoms with van der Waals surface area (Å²) in [5, 5.41) is 0. The van der Waals surface area contributed by atoms with Crippen LogP contribution in [0.5, 0.6) is 11.5 Å². The van der Waals surface area contributed by atoms with Crippen LogP contribution in [0.15, 0.2) is 75.7 Å². The van der Waals surface area contributed by atoms with Gasteiger partial charge in [-0.05, 0) is 30.3 Å². The Labute approximate surface area is 156 Å². The molecule has 0 fully saturated rings. The van der Waals surface area contributed by atoms with Gasteiger partial charge in [-0.1, -0.05) is 68.3 Å². The molecule has 3 aromatic carbocycles. The zero-order valence-electron chi connectivity index (χ0n) is 12.5. The molecule has 1 aliphatic heterocycles. The van der Waals surface area contributed by atoms with Crippen LogP contribution in [0.1, 0.15) is 27.4 Å². The van der Waals surface area contributed by atoms with Gasteiger partial charge in [0.05, 0.1) is 5.92 Å². The lowest BCUT2D eigenvalue weighted by atomic mass is 9.82. The van der Waals surface area contributed by atoms with Crippen LogP contribution in [-0.2, 0) is 0 Å². The van der Waals surface area contributed by atoms with Gasteiger partial charge in [-0.25, -0.2) is 0 Å². The van der Waals surface area contributed by atoms with Gasteiger partial charge in [-0.15, -0.1) is 0 Å². The predicted molar refractivity (Wildman–Crippen MR) is 101 cm³/mol. The molecule has 0 aliphatic carbocycles. The summed E-state index contributed by atoms with van der Waals surface area (Å²) in [6, 6.07) is 21.1. The molecule has 0 amide bonds. The van der Waals surface area contributed by atoms with Crippen LogP contribution in [0.2, 0.25) is 0 Å². The number of para-hydroxylation sites is 2. The van der Waals surface area contributed by atoms with Crippen LogP contribution in [0.3, 0.4) is 0 Å². The maximum absolute atomic E-state index is 13.4. The molecule has 3 aromatic rings. The van der Waals surface area contributed by atoms with Gasteiger partial charge in [-0.3, -0.25) is 4.79 Å². The molecule has 0 bridgehead atoms. The number of Topliss-reactive ketones (excluding diaryl/α,β-unsaturated/α-hetero) is 1. The van der Waals surface area contributed by atoms with E-state index in [1.165, 1.54) is 0 Å². The Morgan fingerprint density at radius 1 is 0.833 bits per heavy atom. The Morgan fingerprint density at radius 3 is 2.00 bits per heavy atom. The van der Waals surface area contributed by atoms with Gasteiger partial charge in [0.15, 0.2) is 5.78 Å². The van der Waals surface area contributed by atoms with Crippen LogP contribution in [0.4, 0.5) is 0 Å². The van der Waals surface area contributed by atoms with Crippen LogP contribution in [-0.4, -0.2) is 5.78 Å². The highest BCUT2D eigenvalue weighted by molar-refractivity contribution is 9.11. The molecule has 0 atom stereocenters. The molecule has 0 unspecified atom stereocenters. The summed E-state index contributed by atoms with van der Waals surface area (Å²) in [7, 11) is 0. The van der Waals surface area contributed by atoms with Crippen LogP contribution in [0.25, 0.3) is 0 Å². The van der Waals surface area contributed by atoms with E-state index in [-0.39, 0.29) is 11.7 Å². The van der Waals surface area contributed by atoms with Crippen molar-refractivity contribution in [2.75, 3.05) is 0 Å². The number of carbonyl (C=O) groups is 1. The molecule has 0 saturated heterocycles. The predicted octanol–water partition coefficient (Wildman–Crippen LogP) is 6.33. The Bertz CT molecular complexity index is 904. The highest BCUT2D eigenvalue weighted by Crippen LogP contribution is 2.45. The molecule has 118 valence electrons. The average Bonchev–Trinajstić information content (AvgIpc) is 2.59. The summed E-state index contributed by atoms with van der Waals surface area (Å²) >= 11 is 6.94. The lowest BCUT2D eigenvalue weighted by molar-refractivity contribution is 0.0969. The van der Waals surface area contributed by atoms with Crippen molar-refractivity contribution in [3.05, 3.63) is 92.4 Å². The topological polar surface area (TPSA) is 26.3 Å². The first-order valence-corrected chi connectivity index (χ1v) is 9.09. The number of carbonyl (C=O) groups excluding carboxylic acids is 1. The first-order valence-electron chi connectivity index (χ1n) is 7.50. The minimum absolute atomic E-state index is 0.0533. The van der Waals surface area contributed by atoms with E-state index in [2.05, 4.69) is 31.9 Å². The van der Waals surface area contributed by atoms with E-state index in [1.807, 2.05) is 66.7 Å². The van der Waals surface area contributed by atoms with Gasteiger partial charge < -0.3 is 4.74 Å². The van der Waals surface area contributed by atoms with Crippen molar-refractivity contribution in [2.45, 2.75) is 5.92 Å². The van der Waals surface area contributed by atoms with Crippen LogP contribution in [0, 0.1) is 0 Å². The third-order valence-electron chi connectivity index (χ3n) is 4.14. The number of rotatable bonds is 2. The maximum atomic E-state index is 13.4. The summed E-state index contributed by atoms with van der Waals surface area (Å²) in [5.41, 5.74) is 2.46. The fraction of sp³-hybridized carbons (Fsp3) is 0.0500. The van der Waals surface area contributed by atoms with Crippen molar-refractivity contribution < 1.29 is 9.53 Å². The second kappa shape index (κ2) is 6.19. The Kier molecular flexibility index (Phi) is 4.02. The molecule has 4 heteroatoms. The van der Waals surface area contributed by atoms with Crippen molar-refractivity contribution in [3.63, 3.8) is 0 Å². The zero-order valence-corrected chi connectivity index (χ0v) is 15.7. The van der Waals surface area contributed by atoms with Crippen molar-refractivity contribution >= 4 is 37.6 Å². The van der Waals surface area contributed by atoms with E-state index in [1.54, 1.807) is 0 Å². The van der Waals surface area contributed by atoms with Crippen molar-refractivity contribution in [1.82, 2.24) is 0 Å². The highest BCUT2D eigenvalue weighted by atomic mass is 79.9. The summed E-state index contributed by atoms with van der Waals surface area (Å²) in [6.07, 6.45) is 0. The largest absolute Gasteiger partial charge is 0.457 e. The number of benzene rings is 3.